The van der Waals surface area contributed by atoms with Crippen LogP contribution >= 0.6 is 0 Å². The highest BCUT2D eigenvalue weighted by Gasteiger charge is 2.33. The number of aromatic nitrogens is 3. The lowest BCUT2D eigenvalue weighted by Gasteiger charge is -2.07. The zero-order chi connectivity index (χ0) is 22.5. The zero-order valence-corrected chi connectivity index (χ0v) is 16.0. The first-order valence-corrected chi connectivity index (χ1v) is 8.94. The van der Waals surface area contributed by atoms with Crippen LogP contribution in [0.1, 0.15) is 36.7 Å². The van der Waals surface area contributed by atoms with E-state index in [-0.39, 0.29) is 18.9 Å². The molecule has 0 aliphatic carbocycles. The van der Waals surface area contributed by atoms with Gasteiger partial charge >= 0.3 is 12.4 Å². The number of nitrogens with one attached hydrogen (secondary N) is 1. The number of fused-ring (bicyclic) bond motifs is 1. The predicted molar refractivity (Wildman–Crippen MR) is 97.4 cm³/mol. The number of carbonyl (C=O) groups is 1. The molecule has 2 aromatic rings. The maximum absolute atomic E-state index is 12.7. The molecule has 1 unspecified atom stereocenters. The average molecular weight is 434 g/mol. The van der Waals surface area contributed by atoms with Crippen molar-refractivity contribution in [1.82, 2.24) is 20.1 Å². The smallest absolute Gasteiger partial charge is 0.312 e. The van der Waals surface area contributed by atoms with Crippen molar-refractivity contribution in [2.75, 3.05) is 7.05 Å². The van der Waals surface area contributed by atoms with Crippen molar-refractivity contribution in [3.05, 3.63) is 47.9 Å². The number of nitrogens with zero attached hydrogens (tertiary/aromatic N) is 3. The van der Waals surface area contributed by atoms with Gasteiger partial charge in [-0.3, -0.25) is 9.67 Å². The molecule has 3 rings (SSSR count). The lowest BCUT2D eigenvalue weighted by Crippen LogP contribution is -2.12. The van der Waals surface area contributed by atoms with E-state index in [0.717, 1.165) is 30.9 Å². The third kappa shape index (κ3) is 5.91. The molecule has 5 nitrogen and oxygen atoms in total. The Labute approximate surface area is 168 Å². The molecule has 0 aromatic carbocycles. The molecule has 3 heterocycles. The Morgan fingerprint density at radius 2 is 2.00 bits per heavy atom. The van der Waals surface area contributed by atoms with Crippen molar-refractivity contribution in [3.8, 4) is 11.3 Å². The molecule has 11 heteroatoms. The summed E-state index contributed by atoms with van der Waals surface area (Å²) in [5.41, 5.74) is 0.248. The molecule has 0 amide bonds. The fourth-order valence-corrected chi connectivity index (χ4v) is 2.84. The molecule has 2 aromatic heterocycles. The maximum atomic E-state index is 12.7. The molecule has 0 radical (unpaired) electrons. The molecular formula is C19H20F6N4O. The first-order chi connectivity index (χ1) is 14.0. The highest BCUT2D eigenvalue weighted by atomic mass is 19.4. The van der Waals surface area contributed by atoms with Crippen molar-refractivity contribution >= 4 is 6.29 Å². The number of halogens is 6. The Morgan fingerprint density at radius 3 is 2.57 bits per heavy atom. The van der Waals surface area contributed by atoms with Gasteiger partial charge in [0.2, 0.25) is 0 Å². The third-order valence-corrected chi connectivity index (χ3v) is 4.46. The summed E-state index contributed by atoms with van der Waals surface area (Å²) in [7, 11) is 1.86. The number of allylic oxidation sites excluding steroid dienone is 1. The van der Waals surface area contributed by atoms with E-state index in [1.807, 2.05) is 17.8 Å². The number of hydrogen-bond acceptors (Lipinski definition) is 4. The summed E-state index contributed by atoms with van der Waals surface area (Å²) in [6.45, 7) is 3.56. The molecule has 1 atom stereocenters. The van der Waals surface area contributed by atoms with E-state index in [4.69, 9.17) is 0 Å². The van der Waals surface area contributed by atoms with Crippen LogP contribution in [0.3, 0.4) is 0 Å². The van der Waals surface area contributed by atoms with E-state index in [1.54, 1.807) is 6.07 Å². The quantitative estimate of drug-likeness (QED) is 0.421. The molecule has 164 valence electrons. The topological polar surface area (TPSA) is 59.8 Å². The molecule has 1 N–H and O–H groups in total. The second kappa shape index (κ2) is 9.41. The van der Waals surface area contributed by atoms with Crippen LogP contribution in [-0.2, 0) is 17.5 Å². The van der Waals surface area contributed by atoms with E-state index in [0.29, 0.717) is 17.5 Å². The summed E-state index contributed by atoms with van der Waals surface area (Å²) >= 11 is 0. The SMILES string of the molecule is C=C(CCC=O)C(F)(F)F.CNC1CCn2nc(-c3ccnc(C(F)(F)F)c3)cc21. The van der Waals surface area contributed by atoms with Gasteiger partial charge in [0, 0.05) is 30.3 Å². The van der Waals surface area contributed by atoms with Gasteiger partial charge in [0.15, 0.2) is 0 Å². The van der Waals surface area contributed by atoms with Crippen LogP contribution in [0.2, 0.25) is 0 Å². The fraction of sp³-hybridized carbons (Fsp3) is 0.421. The van der Waals surface area contributed by atoms with E-state index in [9.17, 15) is 31.1 Å². The first-order valence-electron chi connectivity index (χ1n) is 8.94. The van der Waals surface area contributed by atoms with Gasteiger partial charge in [-0.15, -0.1) is 0 Å². The molecule has 0 saturated heterocycles. The molecule has 0 spiro atoms. The highest BCUT2D eigenvalue weighted by molar-refractivity contribution is 5.60. The molecule has 30 heavy (non-hydrogen) atoms. The van der Waals surface area contributed by atoms with Crippen LogP contribution in [0, 0.1) is 0 Å². The minimum absolute atomic E-state index is 0.113. The molecule has 0 fully saturated rings. The van der Waals surface area contributed by atoms with Gasteiger partial charge in [-0.25, -0.2) is 0 Å². The summed E-state index contributed by atoms with van der Waals surface area (Å²) in [5.74, 6) is 0. The fourth-order valence-electron chi connectivity index (χ4n) is 2.84. The molecular weight excluding hydrogens is 414 g/mol. The normalized spacial score (nSPS) is 15.9. The number of rotatable bonds is 5. The summed E-state index contributed by atoms with van der Waals surface area (Å²) < 4.78 is 74.5. The number of aldehydes is 1. The number of hydrogen-bond donors (Lipinski definition) is 1. The van der Waals surface area contributed by atoms with E-state index >= 15 is 0 Å². The summed E-state index contributed by atoms with van der Waals surface area (Å²) in [5, 5.41) is 7.53. The van der Waals surface area contributed by atoms with Crippen molar-refractivity contribution in [1.29, 1.82) is 0 Å². The Balaban J connectivity index is 0.000000274. The van der Waals surface area contributed by atoms with Crippen molar-refractivity contribution < 1.29 is 31.1 Å². The van der Waals surface area contributed by atoms with Gasteiger partial charge in [0.05, 0.1) is 17.4 Å². The lowest BCUT2D eigenvalue weighted by molar-refractivity contribution is -0.141. The van der Waals surface area contributed by atoms with Gasteiger partial charge in [-0.2, -0.15) is 31.4 Å². The first kappa shape index (κ1) is 23.6. The Hall–Kier alpha value is -2.69. The van der Waals surface area contributed by atoms with Crippen LogP contribution in [0.15, 0.2) is 36.5 Å². The molecule has 1 aliphatic rings. The Morgan fingerprint density at radius 1 is 1.30 bits per heavy atom. The standard InChI is InChI=1S/C13H13F3N4.C6H7F3O/c1-17-9-3-5-20-11(9)7-10(19-20)8-2-4-18-12(6-8)13(14,15)16;1-5(3-2-4-10)6(7,8)9/h2,4,6-7,9,17H,3,5H2,1H3;4H,1-3H2. The third-order valence-electron chi connectivity index (χ3n) is 4.46. The monoisotopic (exact) mass is 434 g/mol. The predicted octanol–water partition coefficient (Wildman–Crippen LogP) is 4.71. The van der Waals surface area contributed by atoms with Crippen LogP contribution < -0.4 is 5.32 Å². The van der Waals surface area contributed by atoms with Crippen molar-refractivity contribution in [2.24, 2.45) is 0 Å². The van der Waals surface area contributed by atoms with Gasteiger partial charge in [0.1, 0.15) is 12.0 Å². The molecule has 0 saturated carbocycles. The van der Waals surface area contributed by atoms with Gasteiger partial charge in [-0.1, -0.05) is 6.58 Å². The second-order valence-corrected chi connectivity index (χ2v) is 6.54. The van der Waals surface area contributed by atoms with Gasteiger partial charge in [0.25, 0.3) is 0 Å². The van der Waals surface area contributed by atoms with Gasteiger partial charge < -0.3 is 10.1 Å². The second-order valence-electron chi connectivity index (χ2n) is 6.54. The van der Waals surface area contributed by atoms with Crippen LogP contribution in [-0.4, -0.2) is 34.3 Å². The number of pyridine rings is 1. The number of aryl methyl sites for hydroxylation is 1. The summed E-state index contributed by atoms with van der Waals surface area (Å²) in [6.07, 6.45) is -6.64. The minimum Gasteiger partial charge on any atom is -0.312 e. The highest BCUT2D eigenvalue weighted by Crippen LogP contribution is 2.33. The van der Waals surface area contributed by atoms with Crippen molar-refractivity contribution in [2.45, 2.75) is 44.2 Å². The maximum Gasteiger partial charge on any atom is 0.433 e. The Bertz CT molecular complexity index is 888. The van der Waals surface area contributed by atoms with E-state index in [1.165, 1.54) is 0 Å². The average Bonchev–Trinajstić information content (AvgIpc) is 3.26. The van der Waals surface area contributed by atoms with Crippen LogP contribution in [0.5, 0.6) is 0 Å². The summed E-state index contributed by atoms with van der Waals surface area (Å²) in [4.78, 5) is 13.0. The minimum atomic E-state index is -4.44. The van der Waals surface area contributed by atoms with Crippen LogP contribution in [0.4, 0.5) is 26.3 Å². The molecule has 0 bridgehead atoms. The van der Waals surface area contributed by atoms with Crippen molar-refractivity contribution in [3.63, 3.8) is 0 Å². The lowest BCUT2D eigenvalue weighted by atomic mass is 10.1. The van der Waals surface area contributed by atoms with E-state index < -0.39 is 23.6 Å². The van der Waals surface area contributed by atoms with Crippen LogP contribution in [0.25, 0.3) is 11.3 Å². The largest absolute Gasteiger partial charge is 0.433 e. The zero-order valence-electron chi connectivity index (χ0n) is 16.0. The van der Waals surface area contributed by atoms with Gasteiger partial charge in [-0.05, 0) is 38.1 Å². The summed E-state index contributed by atoms with van der Waals surface area (Å²) in [6, 6.07) is 4.62. The van der Waals surface area contributed by atoms with E-state index in [2.05, 4.69) is 22.0 Å². The number of alkyl halides is 6. The molecule has 1 aliphatic heterocycles. The number of carbonyl (C=O) groups excluding carboxylic acids is 1. The Kier molecular flexibility index (Phi) is 7.40.